The fraction of sp³-hybridized carbons (Fsp3) is 0.231. The van der Waals surface area contributed by atoms with Crippen molar-refractivity contribution in [2.45, 2.75) is 19.5 Å². The van der Waals surface area contributed by atoms with Crippen LogP contribution in [0.25, 0.3) is 0 Å². The summed E-state index contributed by atoms with van der Waals surface area (Å²) in [6.45, 7) is 1.62. The molecule has 0 aliphatic rings. The van der Waals surface area contributed by atoms with Gasteiger partial charge in [0.1, 0.15) is 11.0 Å². The molecule has 0 bridgehead atoms. The van der Waals surface area contributed by atoms with Crippen LogP contribution in [0.5, 0.6) is 0 Å². The summed E-state index contributed by atoms with van der Waals surface area (Å²) in [6.07, 6.45) is 1.37. The van der Waals surface area contributed by atoms with E-state index in [1.54, 1.807) is 25.1 Å². The number of nitrogens with one attached hydrogen (secondary N) is 1. The number of halogens is 3. The van der Waals surface area contributed by atoms with E-state index < -0.39 is 4.92 Å². The topological polar surface area (TPSA) is 90.1 Å². The van der Waals surface area contributed by atoms with Gasteiger partial charge in [-0.2, -0.15) is 4.68 Å². The summed E-state index contributed by atoms with van der Waals surface area (Å²) >= 11 is 15.0. The van der Waals surface area contributed by atoms with Gasteiger partial charge in [-0.15, -0.1) is 0 Å². The van der Waals surface area contributed by atoms with Gasteiger partial charge in [0.05, 0.1) is 17.3 Å². The Morgan fingerprint density at radius 1 is 1.52 bits per heavy atom. The van der Waals surface area contributed by atoms with Gasteiger partial charge in [0.2, 0.25) is 5.91 Å². The zero-order valence-electron chi connectivity index (χ0n) is 11.8. The lowest BCUT2D eigenvalue weighted by atomic mass is 10.1. The van der Waals surface area contributed by atoms with Crippen LogP contribution >= 0.6 is 39.1 Å². The number of carbonyl (C=O) groups is 1. The van der Waals surface area contributed by atoms with Crippen molar-refractivity contribution in [3.05, 3.63) is 54.6 Å². The molecule has 0 spiro atoms. The summed E-state index contributed by atoms with van der Waals surface area (Å²) in [5, 5.41) is 18.2. The third kappa shape index (κ3) is 4.43. The predicted molar refractivity (Wildman–Crippen MR) is 89.6 cm³/mol. The molecule has 1 unspecified atom stereocenters. The van der Waals surface area contributed by atoms with Crippen molar-refractivity contribution in [1.82, 2.24) is 15.1 Å². The summed E-state index contributed by atoms with van der Waals surface area (Å²) in [5.74, 6) is -0.694. The third-order valence-electron chi connectivity index (χ3n) is 2.98. The van der Waals surface area contributed by atoms with Crippen molar-refractivity contribution < 1.29 is 9.72 Å². The van der Waals surface area contributed by atoms with Crippen molar-refractivity contribution in [1.29, 1.82) is 0 Å². The summed E-state index contributed by atoms with van der Waals surface area (Å²) < 4.78 is 1.40. The Morgan fingerprint density at radius 2 is 2.22 bits per heavy atom. The van der Waals surface area contributed by atoms with Crippen LogP contribution < -0.4 is 5.32 Å². The number of nitro groups is 1. The summed E-state index contributed by atoms with van der Waals surface area (Å²) in [7, 11) is 0. The Labute approximate surface area is 149 Å². The molecule has 23 heavy (non-hydrogen) atoms. The minimum atomic E-state index is -0.630. The first-order valence-corrected chi connectivity index (χ1v) is 7.94. The fourth-order valence-electron chi connectivity index (χ4n) is 1.96. The van der Waals surface area contributed by atoms with Gasteiger partial charge >= 0.3 is 5.82 Å². The van der Waals surface area contributed by atoms with E-state index in [4.69, 9.17) is 23.2 Å². The summed E-state index contributed by atoms with van der Waals surface area (Å²) in [5.41, 5.74) is 0.719. The molecular formula is C13H11BrCl2N4O3. The highest BCUT2D eigenvalue weighted by Crippen LogP contribution is 2.26. The molecule has 2 aromatic rings. The Balaban J connectivity index is 2.04. The molecule has 122 valence electrons. The highest BCUT2D eigenvalue weighted by atomic mass is 79.9. The van der Waals surface area contributed by atoms with Crippen LogP contribution in [-0.4, -0.2) is 20.6 Å². The number of carbonyl (C=O) groups excluding carboxylic acids is 1. The molecule has 0 fully saturated rings. The second kappa shape index (κ2) is 7.29. The maximum atomic E-state index is 12.0. The van der Waals surface area contributed by atoms with Crippen molar-refractivity contribution in [3.63, 3.8) is 0 Å². The maximum absolute atomic E-state index is 12.0. The molecule has 1 atom stereocenters. The number of benzene rings is 1. The molecular weight excluding hydrogens is 411 g/mol. The number of hydrogen-bond donors (Lipinski definition) is 1. The van der Waals surface area contributed by atoms with Gasteiger partial charge in [-0.3, -0.25) is 4.79 Å². The van der Waals surface area contributed by atoms with Crippen LogP contribution in [0, 0.1) is 10.1 Å². The monoisotopic (exact) mass is 420 g/mol. The molecule has 2 rings (SSSR count). The number of amides is 1. The van der Waals surface area contributed by atoms with Gasteiger partial charge < -0.3 is 15.4 Å². The number of aromatic nitrogens is 2. The Kier molecular flexibility index (Phi) is 5.61. The van der Waals surface area contributed by atoms with Crippen LogP contribution in [0.2, 0.25) is 10.0 Å². The molecule has 0 saturated carbocycles. The van der Waals surface area contributed by atoms with Crippen LogP contribution in [0.3, 0.4) is 0 Å². The minimum absolute atomic E-state index is 0.151. The molecule has 0 aliphatic carbocycles. The molecule has 1 aromatic carbocycles. The van der Waals surface area contributed by atoms with Gasteiger partial charge in [-0.1, -0.05) is 29.3 Å². The van der Waals surface area contributed by atoms with Crippen molar-refractivity contribution in [2.24, 2.45) is 0 Å². The Hall–Kier alpha value is -1.64. The molecule has 0 saturated heterocycles. The highest BCUT2D eigenvalue weighted by molar-refractivity contribution is 9.10. The van der Waals surface area contributed by atoms with Crippen molar-refractivity contribution in [3.8, 4) is 0 Å². The SMILES string of the molecule is CC(NC(=O)Cn1cc(Br)c([N+](=O)[O-])n1)c1ccc(Cl)cc1Cl. The second-order valence-electron chi connectivity index (χ2n) is 4.71. The standard InChI is InChI=1S/C13H11BrCl2N4O3/c1-7(9-3-2-8(15)4-11(9)16)17-12(21)6-19-5-10(14)13(18-19)20(22)23/h2-5,7H,6H2,1H3,(H,17,21). The third-order valence-corrected chi connectivity index (χ3v) is 4.11. The minimum Gasteiger partial charge on any atom is -0.358 e. The van der Waals surface area contributed by atoms with Crippen molar-refractivity contribution >= 4 is 50.9 Å². The van der Waals surface area contributed by atoms with E-state index in [2.05, 4.69) is 26.3 Å². The normalized spacial score (nSPS) is 12.0. The van der Waals surface area contributed by atoms with E-state index >= 15 is 0 Å². The molecule has 0 radical (unpaired) electrons. The summed E-state index contributed by atoms with van der Waals surface area (Å²) in [6, 6.07) is 4.65. The Bertz CT molecular complexity index is 766. The van der Waals surface area contributed by atoms with Crippen LogP contribution in [-0.2, 0) is 11.3 Å². The molecule has 1 N–H and O–H groups in total. The zero-order chi connectivity index (χ0) is 17.1. The maximum Gasteiger partial charge on any atom is 0.404 e. The van der Waals surface area contributed by atoms with Gasteiger partial charge in [0.25, 0.3) is 0 Å². The molecule has 1 heterocycles. The van der Waals surface area contributed by atoms with Crippen LogP contribution in [0.15, 0.2) is 28.9 Å². The highest BCUT2D eigenvalue weighted by Gasteiger charge is 2.21. The lowest BCUT2D eigenvalue weighted by Gasteiger charge is -2.15. The molecule has 7 nitrogen and oxygen atoms in total. The lowest BCUT2D eigenvalue weighted by Crippen LogP contribution is -2.30. The molecule has 1 amide bonds. The first-order valence-electron chi connectivity index (χ1n) is 6.39. The fourth-order valence-corrected chi connectivity index (χ4v) is 2.99. The molecule has 10 heteroatoms. The van der Waals surface area contributed by atoms with E-state index in [1.165, 1.54) is 10.9 Å². The average Bonchev–Trinajstić information content (AvgIpc) is 2.79. The van der Waals surface area contributed by atoms with E-state index in [0.29, 0.717) is 10.0 Å². The van der Waals surface area contributed by atoms with Gasteiger partial charge in [0, 0.05) is 10.0 Å². The first-order chi connectivity index (χ1) is 10.8. The van der Waals surface area contributed by atoms with Gasteiger partial charge in [0.15, 0.2) is 0 Å². The van der Waals surface area contributed by atoms with E-state index in [0.717, 1.165) is 5.56 Å². The van der Waals surface area contributed by atoms with Crippen molar-refractivity contribution in [2.75, 3.05) is 0 Å². The number of hydrogen-bond acceptors (Lipinski definition) is 4. The van der Waals surface area contributed by atoms with Gasteiger partial charge in [-0.05, 0) is 45.5 Å². The molecule has 1 aromatic heterocycles. The zero-order valence-corrected chi connectivity index (χ0v) is 14.9. The second-order valence-corrected chi connectivity index (χ2v) is 6.41. The van der Waals surface area contributed by atoms with E-state index in [1.807, 2.05) is 0 Å². The van der Waals surface area contributed by atoms with Crippen LogP contribution in [0.4, 0.5) is 5.82 Å². The number of nitrogens with zero attached hydrogens (tertiary/aromatic N) is 3. The largest absolute Gasteiger partial charge is 0.404 e. The van der Waals surface area contributed by atoms with E-state index in [-0.39, 0.29) is 28.8 Å². The average molecular weight is 422 g/mol. The van der Waals surface area contributed by atoms with Crippen LogP contribution in [0.1, 0.15) is 18.5 Å². The Morgan fingerprint density at radius 3 is 2.78 bits per heavy atom. The smallest absolute Gasteiger partial charge is 0.358 e. The molecule has 0 aliphatic heterocycles. The number of rotatable bonds is 5. The first kappa shape index (κ1) is 17.7. The lowest BCUT2D eigenvalue weighted by molar-refractivity contribution is -0.390. The predicted octanol–water partition coefficient (Wildman–Crippen LogP) is 3.74. The quantitative estimate of drug-likeness (QED) is 0.588. The van der Waals surface area contributed by atoms with E-state index in [9.17, 15) is 14.9 Å². The van der Waals surface area contributed by atoms with Gasteiger partial charge in [-0.25, -0.2) is 0 Å². The summed E-state index contributed by atoms with van der Waals surface area (Å²) in [4.78, 5) is 22.1.